The number of hydrogen-bond donors (Lipinski definition) is 1. The van der Waals surface area contributed by atoms with Crippen molar-refractivity contribution in [3.63, 3.8) is 0 Å². The van der Waals surface area contributed by atoms with Gasteiger partial charge in [0.05, 0.1) is 12.7 Å². The maximum atomic E-state index is 13.0. The maximum Gasteiger partial charge on any atom is 0.335 e. The number of aryl methyl sites for hydroxylation is 2. The molecule has 0 bridgehead atoms. The van der Waals surface area contributed by atoms with Crippen LogP contribution in [0.4, 0.5) is 5.69 Å². The van der Waals surface area contributed by atoms with Gasteiger partial charge in [0.1, 0.15) is 18.8 Å². The molecule has 0 saturated carbocycles. The molecule has 0 radical (unpaired) electrons. The van der Waals surface area contributed by atoms with Crippen molar-refractivity contribution in [2.45, 2.75) is 33.9 Å². The molecular formula is C34H34ClN3O2. The van der Waals surface area contributed by atoms with Gasteiger partial charge in [0, 0.05) is 5.69 Å². The van der Waals surface area contributed by atoms with Gasteiger partial charge in [0.15, 0.2) is 11.0 Å². The molecule has 1 aromatic heterocycles. The van der Waals surface area contributed by atoms with Gasteiger partial charge in [0.2, 0.25) is 0 Å². The summed E-state index contributed by atoms with van der Waals surface area (Å²) in [6.07, 6.45) is 0. The van der Waals surface area contributed by atoms with Crippen molar-refractivity contribution < 1.29 is 26.5 Å². The Morgan fingerprint density at radius 1 is 0.800 bits per heavy atom. The van der Waals surface area contributed by atoms with E-state index in [1.807, 2.05) is 37.3 Å². The first-order valence-corrected chi connectivity index (χ1v) is 13.2. The number of benzene rings is 4. The van der Waals surface area contributed by atoms with Crippen molar-refractivity contribution in [3.8, 4) is 0 Å². The molecule has 0 aliphatic rings. The number of methoxy groups -OCH3 is 1. The molecule has 204 valence electrons. The van der Waals surface area contributed by atoms with E-state index in [0.717, 1.165) is 22.5 Å². The van der Waals surface area contributed by atoms with Crippen LogP contribution >= 0.6 is 0 Å². The number of carbonyl (C=O) groups is 1. The molecular weight excluding hydrogens is 518 g/mol. The fraction of sp³-hybridized carbons (Fsp3) is 0.176. The number of carbonyl (C=O) groups excluding carboxylic acids is 1. The average Bonchev–Trinajstić information content (AvgIpc) is 3.26. The summed E-state index contributed by atoms with van der Waals surface area (Å²) in [5, 5.41) is 3.58. The minimum atomic E-state index is -0.373. The summed E-state index contributed by atoms with van der Waals surface area (Å²) >= 11 is 0. The normalized spacial score (nSPS) is 11.5. The van der Waals surface area contributed by atoms with Crippen molar-refractivity contribution in [1.82, 2.24) is 4.57 Å². The van der Waals surface area contributed by atoms with E-state index < -0.39 is 0 Å². The molecule has 5 nitrogen and oxygen atoms in total. The first kappa shape index (κ1) is 28.7. The van der Waals surface area contributed by atoms with E-state index in [4.69, 9.17) is 4.74 Å². The lowest BCUT2D eigenvalue weighted by Gasteiger charge is -2.15. The molecule has 0 unspecified atom stereocenters. The number of aromatic nitrogens is 2. The molecule has 0 aliphatic carbocycles. The quantitative estimate of drug-likeness (QED) is 0.182. The van der Waals surface area contributed by atoms with E-state index in [1.165, 1.54) is 29.4 Å². The Morgan fingerprint density at radius 2 is 1.38 bits per heavy atom. The molecule has 6 heteroatoms. The number of para-hydroxylation sites is 3. The third-order valence-electron chi connectivity index (χ3n) is 7.03. The number of halogens is 1. The summed E-state index contributed by atoms with van der Waals surface area (Å²) in [5.41, 5.74) is 9.09. The maximum absolute atomic E-state index is 13.0. The number of hydrogen-bond acceptors (Lipinski definition) is 3. The van der Waals surface area contributed by atoms with Crippen LogP contribution in [0.2, 0.25) is 0 Å². The van der Waals surface area contributed by atoms with Crippen LogP contribution in [-0.4, -0.2) is 17.6 Å². The van der Waals surface area contributed by atoms with E-state index >= 15 is 0 Å². The second kappa shape index (κ2) is 12.7. The van der Waals surface area contributed by atoms with Gasteiger partial charge in [-0.25, -0.2) is 13.9 Å². The van der Waals surface area contributed by atoms with Gasteiger partial charge in [-0.2, -0.15) is 0 Å². The minimum absolute atomic E-state index is 0. The standard InChI is InChI=1S/C34H33N3O2.ClH/c1-24-14-18-27(19-15-24)22-36-30-12-8-9-13-31(30)37(23-28-20-16-25(2)17-21-28)33(36)32(26(3)34(38)39-4)35-29-10-6-5-7-11-29;/h5-21H,22-23H2,1-4H3;1H. The molecule has 0 saturated heterocycles. The summed E-state index contributed by atoms with van der Waals surface area (Å²) in [4.78, 5) is 13.0. The lowest BCUT2D eigenvalue weighted by Crippen LogP contribution is -3.00. The molecule has 0 spiro atoms. The number of rotatable bonds is 8. The second-order valence-corrected chi connectivity index (χ2v) is 9.94. The average molecular weight is 552 g/mol. The molecule has 1 heterocycles. The lowest BCUT2D eigenvalue weighted by atomic mass is 10.1. The van der Waals surface area contributed by atoms with Gasteiger partial charge in [-0.05, 0) is 56.2 Å². The third-order valence-corrected chi connectivity index (χ3v) is 7.03. The molecule has 0 amide bonds. The van der Waals surface area contributed by atoms with Crippen molar-refractivity contribution in [2.24, 2.45) is 0 Å². The Balaban J connectivity index is 0.00000370. The van der Waals surface area contributed by atoms with Crippen LogP contribution < -0.4 is 22.3 Å². The second-order valence-electron chi connectivity index (χ2n) is 9.94. The zero-order valence-corrected chi connectivity index (χ0v) is 24.1. The predicted molar refractivity (Wildman–Crippen MR) is 157 cm³/mol. The molecule has 40 heavy (non-hydrogen) atoms. The van der Waals surface area contributed by atoms with Gasteiger partial charge in [-0.3, -0.25) is 0 Å². The Labute approximate surface area is 242 Å². The first-order valence-electron chi connectivity index (χ1n) is 13.2. The number of imidazole rings is 1. The highest BCUT2D eigenvalue weighted by molar-refractivity contribution is 5.99. The zero-order chi connectivity index (χ0) is 27.4. The SMILES string of the molecule is COC(=O)/C(C)=C(/Nc1ccccc1)c1n(Cc2ccc(C)cc2)c2ccccc2[n+]1Cc1ccc(C)cc1.[Cl-]. The number of fused-ring (bicyclic) bond motifs is 1. The first-order chi connectivity index (χ1) is 18.9. The van der Waals surface area contributed by atoms with Crippen LogP contribution in [0.5, 0.6) is 0 Å². The topological polar surface area (TPSA) is 47.1 Å². The lowest BCUT2D eigenvalue weighted by molar-refractivity contribution is -0.665. The van der Waals surface area contributed by atoms with E-state index in [-0.39, 0.29) is 18.4 Å². The van der Waals surface area contributed by atoms with Crippen LogP contribution in [0.1, 0.15) is 35.0 Å². The predicted octanol–water partition coefficient (Wildman–Crippen LogP) is 3.66. The number of anilines is 1. The van der Waals surface area contributed by atoms with E-state index in [9.17, 15) is 4.79 Å². The van der Waals surface area contributed by atoms with Gasteiger partial charge in [-0.1, -0.05) is 90.0 Å². The van der Waals surface area contributed by atoms with E-state index in [1.54, 1.807) is 0 Å². The Hall–Kier alpha value is -4.35. The van der Waals surface area contributed by atoms with Gasteiger partial charge < -0.3 is 22.5 Å². The summed E-state index contributed by atoms with van der Waals surface area (Å²) in [6.45, 7) is 7.30. The van der Waals surface area contributed by atoms with Crippen molar-refractivity contribution in [1.29, 1.82) is 0 Å². The summed E-state index contributed by atoms with van der Waals surface area (Å²) in [7, 11) is 1.42. The molecule has 5 rings (SSSR count). The van der Waals surface area contributed by atoms with E-state index in [2.05, 4.69) is 101 Å². The Bertz CT molecular complexity index is 1550. The highest BCUT2D eigenvalue weighted by Crippen LogP contribution is 2.27. The number of nitrogens with zero attached hydrogens (tertiary/aromatic N) is 2. The van der Waals surface area contributed by atoms with Crippen LogP contribution in [0.15, 0.2) is 109 Å². The highest BCUT2D eigenvalue weighted by atomic mass is 35.5. The molecule has 0 atom stereocenters. The monoisotopic (exact) mass is 551 g/mol. The molecule has 0 fully saturated rings. The number of ether oxygens (including phenoxy) is 1. The fourth-order valence-electron chi connectivity index (χ4n) is 4.88. The molecule has 4 aromatic carbocycles. The van der Waals surface area contributed by atoms with Crippen molar-refractivity contribution in [3.05, 3.63) is 137 Å². The van der Waals surface area contributed by atoms with E-state index in [0.29, 0.717) is 24.4 Å². The highest BCUT2D eigenvalue weighted by Gasteiger charge is 2.31. The Morgan fingerprint density at radius 3 is 2.00 bits per heavy atom. The van der Waals surface area contributed by atoms with Gasteiger partial charge in [-0.15, -0.1) is 0 Å². The zero-order valence-electron chi connectivity index (χ0n) is 23.3. The van der Waals surface area contributed by atoms with Crippen LogP contribution in [0.25, 0.3) is 16.7 Å². The molecule has 1 N–H and O–H groups in total. The van der Waals surface area contributed by atoms with Gasteiger partial charge in [0.25, 0.3) is 0 Å². The minimum Gasteiger partial charge on any atom is -1.00 e. The van der Waals surface area contributed by atoms with Gasteiger partial charge >= 0.3 is 11.8 Å². The Kier molecular flexibility index (Phi) is 9.08. The summed E-state index contributed by atoms with van der Waals surface area (Å²) in [6, 6.07) is 35.6. The largest absolute Gasteiger partial charge is 1.00 e. The smallest absolute Gasteiger partial charge is 0.335 e. The fourth-order valence-corrected chi connectivity index (χ4v) is 4.88. The third kappa shape index (κ3) is 6.11. The summed E-state index contributed by atoms with van der Waals surface area (Å²) < 4.78 is 9.81. The molecule has 0 aliphatic heterocycles. The van der Waals surface area contributed by atoms with Crippen molar-refractivity contribution in [2.75, 3.05) is 12.4 Å². The molecule has 5 aromatic rings. The van der Waals surface area contributed by atoms with Crippen LogP contribution in [0.3, 0.4) is 0 Å². The van der Waals surface area contributed by atoms with Crippen molar-refractivity contribution >= 4 is 28.4 Å². The van der Waals surface area contributed by atoms with Crippen LogP contribution in [0, 0.1) is 13.8 Å². The van der Waals surface area contributed by atoms with Crippen LogP contribution in [-0.2, 0) is 22.6 Å². The summed E-state index contributed by atoms with van der Waals surface area (Å²) in [5.74, 6) is 0.534. The number of nitrogens with one attached hydrogen (secondary N) is 1. The number of esters is 1.